The number of nitrogens with zero attached hydrogens (tertiary/aromatic N) is 1. The van der Waals surface area contributed by atoms with Gasteiger partial charge in [0.15, 0.2) is 0 Å². The summed E-state index contributed by atoms with van der Waals surface area (Å²) in [6.45, 7) is 7.40. The molecule has 1 heterocycles. The third-order valence-electron chi connectivity index (χ3n) is 2.93. The first kappa shape index (κ1) is 11.9. The fourth-order valence-corrected chi connectivity index (χ4v) is 2.38. The monoisotopic (exact) mass is 258 g/mol. The Morgan fingerprint density at radius 3 is 2.75 bits per heavy atom. The molecule has 2 nitrogen and oxygen atoms in total. The Morgan fingerprint density at radius 1 is 1.38 bits per heavy atom. The van der Waals surface area contributed by atoms with Crippen molar-refractivity contribution in [3.63, 3.8) is 0 Å². The normalized spacial score (nSPS) is 20.0. The number of hydrogen-bond donors (Lipinski definition) is 1. The zero-order valence-electron chi connectivity index (χ0n) is 9.56. The van der Waals surface area contributed by atoms with Crippen molar-refractivity contribution >= 4 is 34.6 Å². The minimum atomic E-state index is 0.610. The van der Waals surface area contributed by atoms with Gasteiger partial charge in [-0.3, -0.25) is 0 Å². The molecule has 0 spiro atoms. The Morgan fingerprint density at radius 2 is 2.06 bits per heavy atom. The predicted molar refractivity (Wildman–Crippen MR) is 72.0 cm³/mol. The molecule has 0 fully saturated rings. The Balaban J connectivity index is 2.45. The molecular formula is C12H16Cl2N2. The van der Waals surface area contributed by atoms with E-state index >= 15 is 0 Å². The van der Waals surface area contributed by atoms with Crippen LogP contribution in [0.2, 0.25) is 10.0 Å². The van der Waals surface area contributed by atoms with E-state index in [1.807, 2.05) is 12.1 Å². The topological polar surface area (TPSA) is 15.3 Å². The van der Waals surface area contributed by atoms with E-state index in [1.54, 1.807) is 0 Å². The highest BCUT2D eigenvalue weighted by Crippen LogP contribution is 2.36. The minimum Gasteiger partial charge on any atom is -0.383 e. The molecule has 1 aromatic carbocycles. The van der Waals surface area contributed by atoms with E-state index in [0.717, 1.165) is 31.0 Å². The molecule has 0 radical (unpaired) electrons. The molecule has 1 aromatic rings. The average Bonchev–Trinajstić information content (AvgIpc) is 2.40. The summed E-state index contributed by atoms with van der Waals surface area (Å²) in [5.74, 6) is 0.616. The molecule has 1 atom stereocenters. The molecule has 1 N–H and O–H groups in total. The molecule has 0 saturated carbocycles. The van der Waals surface area contributed by atoms with Crippen LogP contribution < -0.4 is 10.2 Å². The maximum absolute atomic E-state index is 6.07. The van der Waals surface area contributed by atoms with Gasteiger partial charge in [0.1, 0.15) is 0 Å². The highest BCUT2D eigenvalue weighted by atomic mass is 35.5. The van der Waals surface area contributed by atoms with E-state index < -0.39 is 0 Å². The van der Waals surface area contributed by atoms with Crippen LogP contribution in [0.15, 0.2) is 12.1 Å². The quantitative estimate of drug-likeness (QED) is 0.823. The van der Waals surface area contributed by atoms with Crippen LogP contribution in [0.4, 0.5) is 11.4 Å². The first-order valence-electron chi connectivity index (χ1n) is 5.59. The summed E-state index contributed by atoms with van der Waals surface area (Å²) in [5.41, 5.74) is 2.24. The molecule has 88 valence electrons. The van der Waals surface area contributed by atoms with Gasteiger partial charge in [-0.1, -0.05) is 30.1 Å². The second-order valence-electron chi connectivity index (χ2n) is 4.31. The van der Waals surface area contributed by atoms with Crippen molar-refractivity contribution in [2.24, 2.45) is 5.92 Å². The lowest BCUT2D eigenvalue weighted by Gasteiger charge is -2.24. The van der Waals surface area contributed by atoms with Gasteiger partial charge >= 0.3 is 0 Å². The lowest BCUT2D eigenvalue weighted by molar-refractivity contribution is 0.602. The summed E-state index contributed by atoms with van der Waals surface area (Å²) < 4.78 is 0. The van der Waals surface area contributed by atoms with Gasteiger partial charge in [-0.2, -0.15) is 0 Å². The average molecular weight is 259 g/mol. The standard InChI is InChI=1S/C12H16Cl2N2/c1-3-16-7-8(2)6-15-11-4-9(13)10(14)5-12(11)16/h4-5,8,15H,3,6-7H2,1-2H3. The Labute approximate surface area is 107 Å². The fraction of sp³-hybridized carbons (Fsp3) is 0.500. The molecule has 1 aliphatic heterocycles. The third kappa shape index (κ3) is 2.23. The number of anilines is 2. The maximum atomic E-state index is 6.07. The summed E-state index contributed by atoms with van der Waals surface area (Å²) in [7, 11) is 0. The molecule has 0 aliphatic carbocycles. The van der Waals surface area contributed by atoms with Gasteiger partial charge in [-0.15, -0.1) is 0 Å². The minimum absolute atomic E-state index is 0.610. The van der Waals surface area contributed by atoms with Gasteiger partial charge in [0.05, 0.1) is 21.4 Å². The molecule has 16 heavy (non-hydrogen) atoms. The van der Waals surface area contributed by atoms with Gasteiger partial charge in [-0.05, 0) is 25.0 Å². The van der Waals surface area contributed by atoms with Crippen LogP contribution in [0, 0.1) is 5.92 Å². The Bertz CT molecular complexity index is 393. The van der Waals surface area contributed by atoms with E-state index in [2.05, 4.69) is 24.1 Å². The smallest absolute Gasteiger partial charge is 0.0618 e. The second-order valence-corrected chi connectivity index (χ2v) is 5.12. The van der Waals surface area contributed by atoms with E-state index in [-0.39, 0.29) is 0 Å². The van der Waals surface area contributed by atoms with Crippen LogP contribution in [-0.2, 0) is 0 Å². The van der Waals surface area contributed by atoms with Crippen LogP contribution >= 0.6 is 23.2 Å². The maximum Gasteiger partial charge on any atom is 0.0618 e. The molecule has 0 aromatic heterocycles. The zero-order valence-corrected chi connectivity index (χ0v) is 11.1. The van der Waals surface area contributed by atoms with Crippen molar-refractivity contribution in [3.05, 3.63) is 22.2 Å². The van der Waals surface area contributed by atoms with E-state index in [1.165, 1.54) is 0 Å². The second kappa shape index (κ2) is 4.72. The number of fused-ring (bicyclic) bond motifs is 1. The number of rotatable bonds is 1. The molecule has 1 unspecified atom stereocenters. The molecule has 1 aliphatic rings. The third-order valence-corrected chi connectivity index (χ3v) is 3.66. The van der Waals surface area contributed by atoms with Gasteiger partial charge in [0.25, 0.3) is 0 Å². The van der Waals surface area contributed by atoms with Crippen molar-refractivity contribution in [1.29, 1.82) is 0 Å². The molecule has 0 amide bonds. The SMILES string of the molecule is CCN1CC(C)CNc2cc(Cl)c(Cl)cc21. The van der Waals surface area contributed by atoms with Crippen LogP contribution in [0.1, 0.15) is 13.8 Å². The zero-order chi connectivity index (χ0) is 11.7. The first-order valence-corrected chi connectivity index (χ1v) is 6.35. The van der Waals surface area contributed by atoms with Crippen LogP contribution in [0.3, 0.4) is 0 Å². The van der Waals surface area contributed by atoms with Gasteiger partial charge in [0, 0.05) is 19.6 Å². The highest BCUT2D eigenvalue weighted by Gasteiger charge is 2.19. The molecule has 2 rings (SSSR count). The summed E-state index contributed by atoms with van der Waals surface area (Å²) in [5, 5.41) is 4.65. The van der Waals surface area contributed by atoms with Crippen molar-refractivity contribution < 1.29 is 0 Å². The number of halogens is 2. The molecule has 0 bridgehead atoms. The summed E-state index contributed by atoms with van der Waals surface area (Å²) in [6, 6.07) is 3.87. The van der Waals surface area contributed by atoms with Gasteiger partial charge < -0.3 is 10.2 Å². The Hall–Kier alpha value is -0.600. The highest BCUT2D eigenvalue weighted by molar-refractivity contribution is 6.42. The van der Waals surface area contributed by atoms with Crippen LogP contribution in [0.5, 0.6) is 0 Å². The Kier molecular flexibility index (Phi) is 3.50. The molecule has 4 heteroatoms. The summed E-state index contributed by atoms with van der Waals surface area (Å²) >= 11 is 12.1. The first-order chi connectivity index (χ1) is 7.61. The van der Waals surface area contributed by atoms with Gasteiger partial charge in [0.2, 0.25) is 0 Å². The van der Waals surface area contributed by atoms with Crippen molar-refractivity contribution in [2.75, 3.05) is 29.9 Å². The molecule has 0 saturated heterocycles. The number of benzene rings is 1. The van der Waals surface area contributed by atoms with Crippen molar-refractivity contribution in [2.45, 2.75) is 13.8 Å². The summed E-state index contributed by atoms with van der Waals surface area (Å²) in [6.07, 6.45) is 0. The van der Waals surface area contributed by atoms with E-state index in [9.17, 15) is 0 Å². The summed E-state index contributed by atoms with van der Waals surface area (Å²) in [4.78, 5) is 2.34. The molecular weight excluding hydrogens is 243 g/mol. The lowest BCUT2D eigenvalue weighted by atomic mass is 10.2. The predicted octanol–water partition coefficient (Wildman–Crippen LogP) is 3.88. The largest absolute Gasteiger partial charge is 0.383 e. The van der Waals surface area contributed by atoms with Crippen LogP contribution in [-0.4, -0.2) is 19.6 Å². The van der Waals surface area contributed by atoms with E-state index in [0.29, 0.717) is 16.0 Å². The number of nitrogens with one attached hydrogen (secondary N) is 1. The van der Waals surface area contributed by atoms with Gasteiger partial charge in [-0.25, -0.2) is 0 Å². The van der Waals surface area contributed by atoms with Crippen molar-refractivity contribution in [3.8, 4) is 0 Å². The lowest BCUT2D eigenvalue weighted by Crippen LogP contribution is -2.28. The van der Waals surface area contributed by atoms with E-state index in [4.69, 9.17) is 23.2 Å². The fourth-order valence-electron chi connectivity index (χ4n) is 2.06. The number of hydrogen-bond acceptors (Lipinski definition) is 2. The van der Waals surface area contributed by atoms with Crippen LogP contribution in [0.25, 0.3) is 0 Å². The van der Waals surface area contributed by atoms with Crippen molar-refractivity contribution in [1.82, 2.24) is 0 Å².